The van der Waals surface area contributed by atoms with Crippen LogP contribution >= 0.6 is 0 Å². The highest BCUT2D eigenvalue weighted by molar-refractivity contribution is 5.84. The molecule has 0 spiro atoms. The minimum absolute atomic E-state index is 0.153. The summed E-state index contributed by atoms with van der Waals surface area (Å²) in [5.74, 6) is 0.325. The normalized spacial score (nSPS) is 36.4. The number of ether oxygens (including phenoxy) is 1. The van der Waals surface area contributed by atoms with Crippen molar-refractivity contribution in [3.8, 4) is 0 Å². The van der Waals surface area contributed by atoms with Crippen LogP contribution in [0.25, 0.3) is 0 Å². The Morgan fingerprint density at radius 1 is 1.32 bits per heavy atom. The van der Waals surface area contributed by atoms with E-state index in [1.54, 1.807) is 11.8 Å². The smallest absolute Gasteiger partial charge is 0.332 e. The van der Waals surface area contributed by atoms with E-state index in [0.717, 1.165) is 12.8 Å². The second kappa shape index (κ2) is 4.52. The maximum atomic E-state index is 12.8. The summed E-state index contributed by atoms with van der Waals surface area (Å²) in [4.78, 5) is 29.8. The van der Waals surface area contributed by atoms with Gasteiger partial charge < -0.3 is 19.3 Å². The average molecular weight is 307 g/mol. The Morgan fingerprint density at radius 3 is 2.64 bits per heavy atom. The van der Waals surface area contributed by atoms with Crippen molar-refractivity contribution >= 4 is 11.9 Å². The molecule has 0 radical (unpaired) electrons. The second-order valence-corrected chi connectivity index (χ2v) is 6.43. The van der Waals surface area contributed by atoms with E-state index in [0.29, 0.717) is 37.0 Å². The molecular weight excluding hydrogens is 290 g/mol. The molecule has 2 unspecified atom stereocenters. The molecule has 3 aliphatic heterocycles. The van der Waals surface area contributed by atoms with Gasteiger partial charge in [-0.1, -0.05) is 5.16 Å². The monoisotopic (exact) mass is 307 g/mol. The van der Waals surface area contributed by atoms with Gasteiger partial charge in [-0.2, -0.15) is 4.98 Å². The van der Waals surface area contributed by atoms with Crippen LogP contribution in [0, 0.1) is 12.8 Å². The first-order valence-electron chi connectivity index (χ1n) is 7.50. The van der Waals surface area contributed by atoms with Crippen molar-refractivity contribution in [2.24, 2.45) is 5.92 Å². The quantitative estimate of drug-likeness (QED) is 0.864. The Hall–Kier alpha value is -1.96. The van der Waals surface area contributed by atoms with Gasteiger partial charge in [-0.05, 0) is 38.5 Å². The predicted octanol–water partition coefficient (Wildman–Crippen LogP) is 0.458. The van der Waals surface area contributed by atoms with Crippen molar-refractivity contribution < 1.29 is 24.0 Å². The molecule has 1 aliphatic carbocycles. The summed E-state index contributed by atoms with van der Waals surface area (Å²) >= 11 is 0. The number of carbonyl (C=O) groups is 2. The molecule has 8 heteroatoms. The lowest BCUT2D eigenvalue weighted by atomic mass is 9.73. The minimum atomic E-state index is -1.01. The van der Waals surface area contributed by atoms with Crippen LogP contribution in [0.4, 0.5) is 0 Å². The Balaban J connectivity index is 1.55. The standard InChI is InChI=1S/C14H17N3O5/c1-7-15-13(22-16-7)14-4-8(5-14)6-17(14)11(18)9-2-3-10(21-9)12(19)20/h8-10H,2-6H2,1H3,(H,19,20). The first kappa shape index (κ1) is 13.7. The Labute approximate surface area is 126 Å². The molecule has 4 heterocycles. The van der Waals surface area contributed by atoms with Crippen molar-refractivity contribution in [2.75, 3.05) is 6.54 Å². The Bertz CT molecular complexity index is 636. The number of amides is 1. The number of nitrogens with zero attached hydrogens (tertiary/aromatic N) is 3. The predicted molar refractivity (Wildman–Crippen MR) is 70.7 cm³/mol. The van der Waals surface area contributed by atoms with E-state index < -0.39 is 23.7 Å². The van der Waals surface area contributed by atoms with Gasteiger partial charge in [-0.15, -0.1) is 0 Å². The van der Waals surface area contributed by atoms with E-state index in [1.165, 1.54) is 0 Å². The van der Waals surface area contributed by atoms with Crippen molar-refractivity contribution in [3.05, 3.63) is 11.7 Å². The molecule has 1 amide bonds. The van der Waals surface area contributed by atoms with Gasteiger partial charge in [0.25, 0.3) is 11.8 Å². The summed E-state index contributed by atoms with van der Waals surface area (Å²) in [6.45, 7) is 2.40. The van der Waals surface area contributed by atoms with Crippen molar-refractivity contribution in [1.82, 2.24) is 15.0 Å². The number of carboxylic acid groups (broad SMARTS) is 1. The summed E-state index contributed by atoms with van der Waals surface area (Å²) in [5, 5.41) is 12.8. The molecule has 2 atom stereocenters. The first-order valence-corrected chi connectivity index (χ1v) is 7.50. The van der Waals surface area contributed by atoms with Crippen molar-refractivity contribution in [3.63, 3.8) is 0 Å². The fourth-order valence-electron chi connectivity index (χ4n) is 3.93. The van der Waals surface area contributed by atoms with Gasteiger partial charge in [-0.3, -0.25) is 4.79 Å². The minimum Gasteiger partial charge on any atom is -0.479 e. The topological polar surface area (TPSA) is 106 Å². The van der Waals surface area contributed by atoms with E-state index in [4.69, 9.17) is 14.4 Å². The van der Waals surface area contributed by atoms with Gasteiger partial charge in [0.1, 0.15) is 11.6 Å². The number of fused-ring (bicyclic) bond motifs is 1. The second-order valence-electron chi connectivity index (χ2n) is 6.43. The summed E-state index contributed by atoms with van der Waals surface area (Å²) < 4.78 is 10.7. The molecule has 4 aliphatic rings. The third kappa shape index (κ3) is 1.79. The number of aryl methyl sites for hydroxylation is 1. The van der Waals surface area contributed by atoms with Crippen molar-refractivity contribution in [1.29, 1.82) is 0 Å². The fourth-order valence-corrected chi connectivity index (χ4v) is 3.93. The molecular formula is C14H17N3O5. The molecule has 1 aromatic rings. The van der Waals surface area contributed by atoms with Crippen LogP contribution in [-0.4, -0.2) is 50.8 Å². The zero-order chi connectivity index (χ0) is 15.5. The number of hydrogen-bond donors (Lipinski definition) is 1. The molecule has 2 bridgehead atoms. The molecule has 1 saturated carbocycles. The molecule has 8 nitrogen and oxygen atoms in total. The molecule has 3 saturated heterocycles. The third-order valence-electron chi connectivity index (χ3n) is 4.97. The molecule has 0 aromatic carbocycles. The van der Waals surface area contributed by atoms with E-state index >= 15 is 0 Å². The highest BCUT2D eigenvalue weighted by Gasteiger charge is 2.63. The van der Waals surface area contributed by atoms with Gasteiger partial charge in [-0.25, -0.2) is 4.79 Å². The maximum absolute atomic E-state index is 12.8. The third-order valence-corrected chi connectivity index (χ3v) is 4.97. The molecule has 4 fully saturated rings. The fraction of sp³-hybridized carbons (Fsp3) is 0.714. The SMILES string of the molecule is Cc1noc(C23CC(CN2C(=O)C2CCC(C(=O)O)O2)C3)n1. The highest BCUT2D eigenvalue weighted by Crippen LogP contribution is 2.56. The van der Waals surface area contributed by atoms with E-state index in [9.17, 15) is 9.59 Å². The number of carboxylic acids is 1. The lowest BCUT2D eigenvalue weighted by Gasteiger charge is -2.39. The number of rotatable bonds is 3. The zero-order valence-electron chi connectivity index (χ0n) is 12.2. The van der Waals surface area contributed by atoms with Crippen LogP contribution in [0.5, 0.6) is 0 Å². The van der Waals surface area contributed by atoms with Crippen LogP contribution in [0.15, 0.2) is 4.52 Å². The molecule has 1 aromatic heterocycles. The van der Waals surface area contributed by atoms with Crippen LogP contribution in [0.1, 0.15) is 37.4 Å². The Kier molecular flexibility index (Phi) is 2.81. The summed E-state index contributed by atoms with van der Waals surface area (Å²) in [7, 11) is 0. The number of hydrogen-bond acceptors (Lipinski definition) is 6. The van der Waals surface area contributed by atoms with E-state index in [-0.39, 0.29) is 5.91 Å². The van der Waals surface area contributed by atoms with E-state index in [1.807, 2.05) is 0 Å². The first-order chi connectivity index (χ1) is 10.5. The van der Waals surface area contributed by atoms with E-state index in [2.05, 4.69) is 10.1 Å². The largest absolute Gasteiger partial charge is 0.479 e. The average Bonchev–Trinajstić information content (AvgIpc) is 3.18. The van der Waals surface area contributed by atoms with Gasteiger partial charge in [0.05, 0.1) is 0 Å². The van der Waals surface area contributed by atoms with Gasteiger partial charge in [0, 0.05) is 6.54 Å². The lowest BCUT2D eigenvalue weighted by Crippen LogP contribution is -2.49. The molecule has 118 valence electrons. The zero-order valence-corrected chi connectivity index (χ0v) is 12.2. The summed E-state index contributed by atoms with van der Waals surface area (Å²) in [6, 6.07) is 0. The maximum Gasteiger partial charge on any atom is 0.332 e. The highest BCUT2D eigenvalue weighted by atomic mass is 16.5. The summed E-state index contributed by atoms with van der Waals surface area (Å²) in [6.07, 6.45) is 0.908. The van der Waals surface area contributed by atoms with Gasteiger partial charge in [0.15, 0.2) is 11.9 Å². The van der Waals surface area contributed by atoms with Gasteiger partial charge >= 0.3 is 5.97 Å². The van der Waals surface area contributed by atoms with Crippen LogP contribution in [0.2, 0.25) is 0 Å². The number of aliphatic carboxylic acids is 1. The lowest BCUT2D eigenvalue weighted by molar-refractivity contribution is -0.157. The van der Waals surface area contributed by atoms with Gasteiger partial charge in [0.2, 0.25) is 0 Å². The number of carbonyl (C=O) groups excluding carboxylic acids is 1. The Morgan fingerprint density at radius 2 is 2.05 bits per heavy atom. The van der Waals surface area contributed by atoms with Crippen LogP contribution in [-0.2, 0) is 19.9 Å². The van der Waals surface area contributed by atoms with Crippen molar-refractivity contribution in [2.45, 2.75) is 50.4 Å². The number of aromatic nitrogens is 2. The molecule has 5 rings (SSSR count). The summed E-state index contributed by atoms with van der Waals surface area (Å²) in [5.41, 5.74) is -0.506. The van der Waals surface area contributed by atoms with Crippen LogP contribution in [0.3, 0.4) is 0 Å². The van der Waals surface area contributed by atoms with Crippen LogP contribution < -0.4 is 0 Å². The molecule has 22 heavy (non-hydrogen) atoms. The molecule has 1 N–H and O–H groups in total.